The fourth-order valence-electron chi connectivity index (χ4n) is 2.23. The number of Topliss-reactive ketones (excluding diaryl/α,β-unsaturated/α-hetero) is 1. The second kappa shape index (κ2) is 4.76. The molecular formula is C13H13N3O4. The number of ketones is 1. The van der Waals surface area contributed by atoms with E-state index in [1.54, 1.807) is 26.0 Å². The maximum atomic E-state index is 12.0. The number of rotatable bonds is 2. The summed E-state index contributed by atoms with van der Waals surface area (Å²) < 4.78 is 0. The second-order valence-corrected chi connectivity index (χ2v) is 4.56. The quantitative estimate of drug-likeness (QED) is 0.742. The Morgan fingerprint density at radius 3 is 2.40 bits per heavy atom. The van der Waals surface area contributed by atoms with Crippen molar-refractivity contribution in [1.29, 1.82) is 0 Å². The third-order valence-corrected chi connectivity index (χ3v) is 3.09. The smallest absolute Gasteiger partial charge is 0.318 e. The number of urea groups is 1. The summed E-state index contributed by atoms with van der Waals surface area (Å²) in [4.78, 5) is 47.2. The van der Waals surface area contributed by atoms with E-state index in [9.17, 15) is 19.2 Å². The third-order valence-electron chi connectivity index (χ3n) is 3.09. The van der Waals surface area contributed by atoms with E-state index in [2.05, 4.69) is 0 Å². The van der Waals surface area contributed by atoms with Crippen LogP contribution in [0.1, 0.15) is 21.5 Å². The van der Waals surface area contributed by atoms with E-state index in [-0.39, 0.29) is 0 Å². The Morgan fingerprint density at radius 2 is 1.80 bits per heavy atom. The molecule has 1 aromatic carbocycles. The van der Waals surface area contributed by atoms with Gasteiger partial charge in [-0.3, -0.25) is 24.6 Å². The fraction of sp³-hybridized carbons (Fsp3) is 0.231. The number of carbonyl (C=O) groups is 4. The molecule has 7 nitrogen and oxygen atoms in total. The minimum atomic E-state index is -1.01. The minimum Gasteiger partial charge on any atom is -0.351 e. The van der Waals surface area contributed by atoms with Gasteiger partial charge in [-0.05, 0) is 25.0 Å². The zero-order valence-corrected chi connectivity index (χ0v) is 11.0. The lowest BCUT2D eigenvalue weighted by Crippen LogP contribution is -2.44. The SMILES string of the molecule is Cc1ccc(C)c2c1C(=O)C(=O)N2CC(=O)NC(N)=O. The summed E-state index contributed by atoms with van der Waals surface area (Å²) in [5, 5.41) is 1.86. The van der Waals surface area contributed by atoms with Crippen LogP contribution < -0.4 is 16.0 Å². The summed E-state index contributed by atoms with van der Waals surface area (Å²) in [5.74, 6) is -2.17. The first kappa shape index (κ1) is 13.7. The van der Waals surface area contributed by atoms with E-state index in [1.165, 1.54) is 0 Å². The maximum Gasteiger partial charge on any atom is 0.318 e. The first-order valence-electron chi connectivity index (χ1n) is 5.88. The van der Waals surface area contributed by atoms with Gasteiger partial charge in [0.05, 0.1) is 11.3 Å². The fourth-order valence-corrected chi connectivity index (χ4v) is 2.23. The van der Waals surface area contributed by atoms with Crippen molar-refractivity contribution in [2.45, 2.75) is 13.8 Å². The van der Waals surface area contributed by atoms with Crippen molar-refractivity contribution >= 4 is 29.3 Å². The van der Waals surface area contributed by atoms with Crippen molar-refractivity contribution in [2.24, 2.45) is 5.73 Å². The van der Waals surface area contributed by atoms with Crippen LogP contribution in [0.25, 0.3) is 0 Å². The van der Waals surface area contributed by atoms with E-state index in [0.29, 0.717) is 22.4 Å². The van der Waals surface area contributed by atoms with Crippen molar-refractivity contribution in [3.8, 4) is 0 Å². The van der Waals surface area contributed by atoms with Crippen molar-refractivity contribution in [1.82, 2.24) is 5.32 Å². The summed E-state index contributed by atoms with van der Waals surface area (Å²) in [5.41, 5.74) is 6.93. The summed E-state index contributed by atoms with van der Waals surface area (Å²) in [7, 11) is 0. The standard InChI is InChI=1S/C13H13N3O4/c1-6-3-4-7(2)10-9(6)11(18)12(19)16(10)5-8(17)15-13(14)20/h3-4H,5H2,1-2H3,(H3,14,15,17,20). The highest BCUT2D eigenvalue weighted by Crippen LogP contribution is 2.34. The van der Waals surface area contributed by atoms with Gasteiger partial charge in [-0.25, -0.2) is 4.79 Å². The molecule has 0 bridgehead atoms. The lowest BCUT2D eigenvalue weighted by Gasteiger charge is -2.17. The molecule has 1 aromatic rings. The van der Waals surface area contributed by atoms with Crippen LogP contribution in [-0.2, 0) is 9.59 Å². The van der Waals surface area contributed by atoms with Crippen LogP contribution in [-0.4, -0.2) is 30.2 Å². The zero-order chi connectivity index (χ0) is 15.0. The van der Waals surface area contributed by atoms with Gasteiger partial charge < -0.3 is 5.73 Å². The number of hydrogen-bond acceptors (Lipinski definition) is 4. The van der Waals surface area contributed by atoms with Crippen LogP contribution in [0.15, 0.2) is 12.1 Å². The van der Waals surface area contributed by atoms with Crippen molar-refractivity contribution in [2.75, 3.05) is 11.4 Å². The van der Waals surface area contributed by atoms with Crippen LogP contribution in [0.3, 0.4) is 0 Å². The van der Waals surface area contributed by atoms with Gasteiger partial charge in [0.1, 0.15) is 6.54 Å². The van der Waals surface area contributed by atoms with Gasteiger partial charge in [-0.15, -0.1) is 0 Å². The van der Waals surface area contributed by atoms with Crippen molar-refractivity contribution in [3.05, 3.63) is 28.8 Å². The molecule has 1 heterocycles. The van der Waals surface area contributed by atoms with E-state index >= 15 is 0 Å². The van der Waals surface area contributed by atoms with E-state index in [0.717, 1.165) is 4.90 Å². The third kappa shape index (κ3) is 2.13. The molecule has 0 spiro atoms. The van der Waals surface area contributed by atoms with Crippen molar-refractivity contribution < 1.29 is 19.2 Å². The molecule has 0 saturated heterocycles. The summed E-state index contributed by atoms with van der Waals surface area (Å²) >= 11 is 0. The van der Waals surface area contributed by atoms with Crippen LogP contribution in [0, 0.1) is 13.8 Å². The maximum absolute atomic E-state index is 12.0. The number of hydrogen-bond donors (Lipinski definition) is 2. The van der Waals surface area contributed by atoms with Crippen molar-refractivity contribution in [3.63, 3.8) is 0 Å². The molecule has 20 heavy (non-hydrogen) atoms. The van der Waals surface area contributed by atoms with Gasteiger partial charge in [-0.2, -0.15) is 0 Å². The Balaban J connectivity index is 2.41. The minimum absolute atomic E-state index is 0.307. The molecule has 4 amide bonds. The largest absolute Gasteiger partial charge is 0.351 e. The number of aryl methyl sites for hydroxylation is 2. The highest BCUT2D eigenvalue weighted by atomic mass is 16.2. The van der Waals surface area contributed by atoms with Crippen LogP contribution in [0.5, 0.6) is 0 Å². The number of anilines is 1. The van der Waals surface area contributed by atoms with E-state index in [1.807, 2.05) is 5.32 Å². The van der Waals surface area contributed by atoms with E-state index in [4.69, 9.17) is 5.73 Å². The number of fused-ring (bicyclic) bond motifs is 1. The molecule has 0 radical (unpaired) electrons. The molecule has 2 rings (SSSR count). The topological polar surface area (TPSA) is 110 Å². The van der Waals surface area contributed by atoms with Gasteiger partial charge in [0.2, 0.25) is 5.91 Å². The first-order chi connectivity index (χ1) is 9.32. The zero-order valence-electron chi connectivity index (χ0n) is 11.0. The molecule has 0 atom stereocenters. The average molecular weight is 275 g/mol. The molecule has 0 aliphatic carbocycles. The molecular weight excluding hydrogens is 262 g/mol. The Morgan fingerprint density at radius 1 is 1.20 bits per heavy atom. The molecule has 1 aliphatic heterocycles. The lowest BCUT2D eigenvalue weighted by molar-refractivity contribution is -0.121. The Labute approximate surface area is 114 Å². The van der Waals surface area contributed by atoms with Crippen LogP contribution in [0.4, 0.5) is 10.5 Å². The van der Waals surface area contributed by atoms with Gasteiger partial charge in [0.25, 0.3) is 11.7 Å². The summed E-state index contributed by atoms with van der Waals surface area (Å²) in [6.45, 7) is 3.03. The van der Waals surface area contributed by atoms with Crippen LogP contribution >= 0.6 is 0 Å². The Kier molecular flexibility index (Phi) is 3.27. The number of nitrogens with two attached hydrogens (primary N) is 1. The molecule has 0 unspecified atom stereocenters. The number of imide groups is 1. The second-order valence-electron chi connectivity index (χ2n) is 4.56. The predicted molar refractivity (Wildman–Crippen MR) is 70.3 cm³/mol. The van der Waals surface area contributed by atoms with Gasteiger partial charge in [-0.1, -0.05) is 12.1 Å². The molecule has 0 aromatic heterocycles. The first-order valence-corrected chi connectivity index (χ1v) is 5.88. The van der Waals surface area contributed by atoms with Gasteiger partial charge in [0.15, 0.2) is 0 Å². The predicted octanol–water partition coefficient (Wildman–Crippen LogP) is 0.0276. The van der Waals surface area contributed by atoms with Gasteiger partial charge in [0, 0.05) is 0 Å². The normalized spacial score (nSPS) is 13.4. The lowest BCUT2D eigenvalue weighted by atomic mass is 10.0. The monoisotopic (exact) mass is 275 g/mol. The summed E-state index contributed by atoms with van der Waals surface area (Å²) in [6.07, 6.45) is 0. The molecule has 0 fully saturated rings. The molecule has 1 aliphatic rings. The van der Waals surface area contributed by atoms with E-state index < -0.39 is 30.2 Å². The molecule has 7 heteroatoms. The highest BCUT2D eigenvalue weighted by molar-refractivity contribution is 6.53. The average Bonchev–Trinajstić information content (AvgIpc) is 2.59. The molecule has 3 N–H and O–H groups in total. The number of primary amides is 1. The number of amides is 4. The van der Waals surface area contributed by atoms with Crippen LogP contribution in [0.2, 0.25) is 0 Å². The van der Waals surface area contributed by atoms with Gasteiger partial charge >= 0.3 is 6.03 Å². The number of nitrogens with one attached hydrogen (secondary N) is 1. The Hall–Kier alpha value is -2.70. The number of carbonyl (C=O) groups excluding carboxylic acids is 4. The molecule has 104 valence electrons. The Bertz CT molecular complexity index is 651. The number of nitrogens with zero attached hydrogens (tertiary/aromatic N) is 1. The highest BCUT2D eigenvalue weighted by Gasteiger charge is 2.39. The number of benzene rings is 1. The molecule has 0 saturated carbocycles. The summed E-state index contributed by atoms with van der Waals surface area (Å²) in [6, 6.07) is 2.50.